The molecule has 1 unspecified atom stereocenters. The zero-order chi connectivity index (χ0) is 15.3. The second-order valence-corrected chi connectivity index (χ2v) is 6.94. The van der Waals surface area contributed by atoms with E-state index in [1.54, 1.807) is 0 Å². The largest absolute Gasteiger partial charge is 0.348 e. The molecule has 0 saturated heterocycles. The van der Waals surface area contributed by atoms with Gasteiger partial charge in [-0.05, 0) is 51.1 Å². The molecule has 0 aliphatic carbocycles. The smallest absolute Gasteiger partial charge is 0.251 e. The molecule has 0 aliphatic heterocycles. The van der Waals surface area contributed by atoms with Gasteiger partial charge in [-0.25, -0.2) is 0 Å². The van der Waals surface area contributed by atoms with Gasteiger partial charge in [-0.3, -0.25) is 4.79 Å². The Balaban J connectivity index is 2.81. The summed E-state index contributed by atoms with van der Waals surface area (Å²) in [7, 11) is 4.06. The van der Waals surface area contributed by atoms with E-state index in [1.165, 1.54) is 0 Å². The number of hydrogen-bond acceptors (Lipinski definition) is 2. The van der Waals surface area contributed by atoms with Gasteiger partial charge in [-0.2, -0.15) is 0 Å². The molecule has 4 heteroatoms. The Labute approximate surface area is 130 Å². The van der Waals surface area contributed by atoms with Gasteiger partial charge in [0.2, 0.25) is 0 Å². The standard InChI is InChI=1S/C16H25BrN2O/c1-11(2)8-14(10-19(4)5)18-16(20)15-9-13(17)7-6-12(15)3/h6-7,9,11,14H,8,10H2,1-5H3,(H,18,20). The van der Waals surface area contributed by atoms with E-state index < -0.39 is 0 Å². The van der Waals surface area contributed by atoms with Gasteiger partial charge in [0.05, 0.1) is 0 Å². The summed E-state index contributed by atoms with van der Waals surface area (Å²) in [6.45, 7) is 7.18. The maximum atomic E-state index is 12.4. The van der Waals surface area contributed by atoms with Crippen LogP contribution in [0.2, 0.25) is 0 Å². The second-order valence-electron chi connectivity index (χ2n) is 6.02. The van der Waals surface area contributed by atoms with Crippen LogP contribution in [0.25, 0.3) is 0 Å². The summed E-state index contributed by atoms with van der Waals surface area (Å²) in [5, 5.41) is 3.16. The molecule has 0 aromatic heterocycles. The van der Waals surface area contributed by atoms with Crippen molar-refractivity contribution in [2.75, 3.05) is 20.6 Å². The highest BCUT2D eigenvalue weighted by Crippen LogP contribution is 2.16. The number of halogens is 1. The lowest BCUT2D eigenvalue weighted by molar-refractivity contribution is 0.0924. The number of amides is 1. The number of nitrogens with zero attached hydrogens (tertiary/aromatic N) is 1. The quantitative estimate of drug-likeness (QED) is 0.859. The minimum Gasteiger partial charge on any atom is -0.348 e. The molecule has 1 rings (SSSR count). The maximum absolute atomic E-state index is 12.4. The average molecular weight is 341 g/mol. The minimum absolute atomic E-state index is 0.0105. The number of nitrogens with one attached hydrogen (secondary N) is 1. The Bertz CT molecular complexity index is 448. The first-order valence-electron chi connectivity index (χ1n) is 7.01. The van der Waals surface area contributed by atoms with Crippen molar-refractivity contribution in [3.63, 3.8) is 0 Å². The van der Waals surface area contributed by atoms with E-state index in [0.29, 0.717) is 5.92 Å². The number of carbonyl (C=O) groups excluding carboxylic acids is 1. The molecule has 3 nitrogen and oxygen atoms in total. The Morgan fingerprint density at radius 2 is 2.00 bits per heavy atom. The molecular formula is C16H25BrN2O. The molecule has 0 bridgehead atoms. The number of benzene rings is 1. The zero-order valence-corrected chi connectivity index (χ0v) is 14.6. The normalized spacial score (nSPS) is 12.8. The van der Waals surface area contributed by atoms with Crippen molar-refractivity contribution in [3.8, 4) is 0 Å². The number of carbonyl (C=O) groups is 1. The van der Waals surface area contributed by atoms with E-state index in [4.69, 9.17) is 0 Å². The Morgan fingerprint density at radius 3 is 2.55 bits per heavy atom. The van der Waals surface area contributed by atoms with Crippen LogP contribution in [0.1, 0.15) is 36.2 Å². The summed E-state index contributed by atoms with van der Waals surface area (Å²) in [6.07, 6.45) is 0.983. The monoisotopic (exact) mass is 340 g/mol. The molecule has 1 atom stereocenters. The molecule has 1 aromatic carbocycles. The van der Waals surface area contributed by atoms with Crippen LogP contribution in [-0.2, 0) is 0 Å². The molecule has 1 N–H and O–H groups in total. The Hall–Kier alpha value is -0.870. The molecule has 112 valence electrons. The van der Waals surface area contributed by atoms with Crippen LogP contribution >= 0.6 is 15.9 Å². The zero-order valence-electron chi connectivity index (χ0n) is 13.0. The summed E-state index contributed by atoms with van der Waals surface area (Å²) in [4.78, 5) is 14.6. The fraction of sp³-hybridized carbons (Fsp3) is 0.562. The van der Waals surface area contributed by atoms with Crippen molar-refractivity contribution in [2.45, 2.75) is 33.2 Å². The topological polar surface area (TPSA) is 32.3 Å². The third-order valence-corrected chi connectivity index (χ3v) is 3.61. The lowest BCUT2D eigenvalue weighted by Gasteiger charge is -2.24. The van der Waals surface area contributed by atoms with Crippen molar-refractivity contribution in [1.29, 1.82) is 0 Å². The van der Waals surface area contributed by atoms with Crippen LogP contribution in [-0.4, -0.2) is 37.5 Å². The fourth-order valence-corrected chi connectivity index (χ4v) is 2.65. The summed E-state index contributed by atoms with van der Waals surface area (Å²) < 4.78 is 0.932. The summed E-state index contributed by atoms with van der Waals surface area (Å²) in [5.74, 6) is 0.570. The highest BCUT2D eigenvalue weighted by molar-refractivity contribution is 9.10. The first kappa shape index (κ1) is 17.2. The van der Waals surface area contributed by atoms with E-state index >= 15 is 0 Å². The maximum Gasteiger partial charge on any atom is 0.251 e. The van der Waals surface area contributed by atoms with E-state index in [9.17, 15) is 4.79 Å². The second kappa shape index (κ2) is 7.79. The molecule has 0 spiro atoms. The average Bonchev–Trinajstić information content (AvgIpc) is 2.30. The van der Waals surface area contributed by atoms with Gasteiger partial charge in [-0.1, -0.05) is 35.8 Å². The van der Waals surface area contributed by atoms with Crippen LogP contribution in [0.15, 0.2) is 22.7 Å². The lowest BCUT2D eigenvalue weighted by atomic mass is 10.0. The van der Waals surface area contributed by atoms with Crippen LogP contribution in [0.3, 0.4) is 0 Å². The summed E-state index contributed by atoms with van der Waals surface area (Å²) in [6, 6.07) is 5.98. The molecule has 0 fully saturated rings. The molecule has 0 radical (unpaired) electrons. The summed E-state index contributed by atoms with van der Waals surface area (Å²) in [5.41, 5.74) is 1.74. The van der Waals surface area contributed by atoms with Gasteiger partial charge in [0.15, 0.2) is 0 Å². The van der Waals surface area contributed by atoms with Gasteiger partial charge in [0.1, 0.15) is 0 Å². The van der Waals surface area contributed by atoms with E-state index in [1.807, 2.05) is 39.2 Å². The highest BCUT2D eigenvalue weighted by Gasteiger charge is 2.17. The highest BCUT2D eigenvalue weighted by atomic mass is 79.9. The minimum atomic E-state index is 0.0105. The number of rotatable bonds is 6. The summed E-state index contributed by atoms with van der Waals surface area (Å²) >= 11 is 3.42. The predicted molar refractivity (Wildman–Crippen MR) is 88.1 cm³/mol. The third kappa shape index (κ3) is 5.63. The van der Waals surface area contributed by atoms with Crippen molar-refractivity contribution in [2.24, 2.45) is 5.92 Å². The molecule has 0 saturated carbocycles. The number of hydrogen-bond donors (Lipinski definition) is 1. The Kier molecular flexibility index (Phi) is 6.69. The van der Waals surface area contributed by atoms with Crippen LogP contribution < -0.4 is 5.32 Å². The van der Waals surface area contributed by atoms with Crippen LogP contribution in [0.5, 0.6) is 0 Å². The van der Waals surface area contributed by atoms with E-state index in [0.717, 1.165) is 28.6 Å². The Morgan fingerprint density at radius 1 is 1.35 bits per heavy atom. The van der Waals surface area contributed by atoms with E-state index in [-0.39, 0.29) is 11.9 Å². The van der Waals surface area contributed by atoms with Gasteiger partial charge < -0.3 is 10.2 Å². The molecule has 1 aromatic rings. The van der Waals surface area contributed by atoms with Gasteiger partial charge >= 0.3 is 0 Å². The van der Waals surface area contributed by atoms with Gasteiger partial charge in [-0.15, -0.1) is 0 Å². The number of likely N-dealkylation sites (N-methyl/N-ethyl adjacent to an activating group) is 1. The van der Waals surface area contributed by atoms with E-state index in [2.05, 4.69) is 40.0 Å². The first-order valence-corrected chi connectivity index (χ1v) is 7.80. The molecule has 20 heavy (non-hydrogen) atoms. The first-order chi connectivity index (χ1) is 9.29. The molecular weight excluding hydrogens is 316 g/mol. The van der Waals surface area contributed by atoms with Crippen LogP contribution in [0, 0.1) is 12.8 Å². The van der Waals surface area contributed by atoms with Crippen molar-refractivity contribution < 1.29 is 4.79 Å². The van der Waals surface area contributed by atoms with Crippen LogP contribution in [0.4, 0.5) is 0 Å². The van der Waals surface area contributed by atoms with Gasteiger partial charge in [0, 0.05) is 22.6 Å². The lowest BCUT2D eigenvalue weighted by Crippen LogP contribution is -2.42. The van der Waals surface area contributed by atoms with Gasteiger partial charge in [0.25, 0.3) is 5.91 Å². The third-order valence-electron chi connectivity index (χ3n) is 3.12. The number of aryl methyl sites for hydroxylation is 1. The van der Waals surface area contributed by atoms with Crippen molar-refractivity contribution in [3.05, 3.63) is 33.8 Å². The molecule has 1 amide bonds. The van der Waals surface area contributed by atoms with Crippen molar-refractivity contribution in [1.82, 2.24) is 10.2 Å². The SMILES string of the molecule is Cc1ccc(Br)cc1C(=O)NC(CC(C)C)CN(C)C. The fourth-order valence-electron chi connectivity index (χ4n) is 2.29. The molecule has 0 aliphatic rings. The predicted octanol–water partition coefficient (Wildman–Crippen LogP) is 3.46. The molecule has 0 heterocycles. The van der Waals surface area contributed by atoms with Crippen molar-refractivity contribution >= 4 is 21.8 Å².